The van der Waals surface area contributed by atoms with Gasteiger partial charge < -0.3 is 0 Å². The highest BCUT2D eigenvalue weighted by Crippen LogP contribution is 2.65. The topological polar surface area (TPSA) is 0 Å². The molecule has 2 fully saturated rings. The normalized spacial score (nSPS) is 44.6. The minimum atomic E-state index is 0. The maximum atomic E-state index is 3.00. The molecule has 0 nitrogen and oxygen atoms in total. The summed E-state index contributed by atoms with van der Waals surface area (Å²) < 4.78 is 0. The molecule has 4 aliphatic carbocycles. The van der Waals surface area contributed by atoms with E-state index in [1.807, 2.05) is 5.57 Å². The highest BCUT2D eigenvalue weighted by atomic mass is 14.6. The molecule has 0 aliphatic heterocycles. The van der Waals surface area contributed by atoms with Crippen molar-refractivity contribution in [2.75, 3.05) is 0 Å². The lowest BCUT2D eigenvalue weighted by molar-refractivity contribution is -0.0210. The zero-order chi connectivity index (χ0) is 17.5. The Kier molecular flexibility index (Phi) is 6.12. The van der Waals surface area contributed by atoms with Gasteiger partial charge in [0.05, 0.1) is 0 Å². The third kappa shape index (κ3) is 2.98. The molecule has 0 heterocycles. The molecule has 6 unspecified atom stereocenters. The Morgan fingerprint density at radius 2 is 1.68 bits per heavy atom. The number of fused-ring (bicyclic) bond motifs is 5. The molecule has 4 rings (SSSR count). The van der Waals surface area contributed by atoms with Crippen molar-refractivity contribution in [2.45, 2.75) is 86.5 Å². The van der Waals surface area contributed by atoms with Gasteiger partial charge in [-0.3, -0.25) is 0 Å². The van der Waals surface area contributed by atoms with E-state index in [2.05, 4.69) is 53.0 Å². The third-order valence-electron chi connectivity index (χ3n) is 8.47. The molecule has 0 aromatic rings. The van der Waals surface area contributed by atoms with E-state index >= 15 is 0 Å². The van der Waals surface area contributed by atoms with E-state index in [1.54, 1.807) is 5.57 Å². The van der Waals surface area contributed by atoms with E-state index in [-0.39, 0.29) is 7.43 Å². The molecule has 0 aromatic heterocycles. The van der Waals surface area contributed by atoms with Gasteiger partial charge >= 0.3 is 0 Å². The highest BCUT2D eigenvalue weighted by Gasteiger charge is 2.56. The van der Waals surface area contributed by atoms with Crippen molar-refractivity contribution in [3.05, 3.63) is 36.5 Å². The molecule has 25 heavy (non-hydrogen) atoms. The monoisotopic (exact) mass is 342 g/mol. The lowest BCUT2D eigenvalue weighted by atomic mass is 9.47. The van der Waals surface area contributed by atoms with Crippen molar-refractivity contribution in [1.82, 2.24) is 0 Å². The van der Waals surface area contributed by atoms with Crippen molar-refractivity contribution in [1.29, 1.82) is 0 Å². The summed E-state index contributed by atoms with van der Waals surface area (Å²) in [6, 6.07) is 0. The summed E-state index contributed by atoms with van der Waals surface area (Å²) in [7, 11) is 0. The van der Waals surface area contributed by atoms with Crippen LogP contribution in [0.4, 0.5) is 0 Å². The molecule has 142 valence electrons. The van der Waals surface area contributed by atoms with Crippen LogP contribution in [-0.4, -0.2) is 0 Å². The zero-order valence-electron chi connectivity index (χ0n) is 16.5. The van der Waals surface area contributed by atoms with E-state index in [0.717, 1.165) is 23.7 Å². The number of allylic oxidation sites excluding steroid dienone is 4. The second-order valence-corrected chi connectivity index (χ2v) is 9.38. The van der Waals surface area contributed by atoms with Gasteiger partial charge in [-0.1, -0.05) is 58.4 Å². The van der Waals surface area contributed by atoms with Crippen LogP contribution in [0.2, 0.25) is 0 Å². The van der Waals surface area contributed by atoms with E-state index in [1.165, 1.54) is 51.4 Å². The number of hydrogen-bond donors (Lipinski definition) is 0. The van der Waals surface area contributed by atoms with Gasteiger partial charge in [0.15, 0.2) is 0 Å². The molecule has 0 aromatic carbocycles. The number of hydrogen-bond acceptors (Lipinski definition) is 0. The van der Waals surface area contributed by atoms with Crippen molar-refractivity contribution < 1.29 is 0 Å². The second-order valence-electron chi connectivity index (χ2n) is 9.38. The molecule has 0 bridgehead atoms. The summed E-state index contributed by atoms with van der Waals surface area (Å²) in [6.45, 7) is 16.1. The van der Waals surface area contributed by atoms with Gasteiger partial charge in [-0.05, 0) is 85.9 Å². The SMILES string of the molecule is C.C=C.CCC1=CCC2C3CC=C4CC(C)CCC4(C)C3CCC12C. The Bertz CT molecular complexity index is 538. The number of rotatable bonds is 1. The molecule has 0 saturated heterocycles. The van der Waals surface area contributed by atoms with Gasteiger partial charge in [0, 0.05) is 0 Å². The minimum absolute atomic E-state index is 0. The maximum Gasteiger partial charge on any atom is -0.00823 e. The Morgan fingerprint density at radius 3 is 2.36 bits per heavy atom. The molecule has 2 saturated carbocycles. The molecule has 0 spiro atoms. The molecule has 0 heteroatoms. The third-order valence-corrected chi connectivity index (χ3v) is 8.47. The summed E-state index contributed by atoms with van der Waals surface area (Å²) in [5, 5.41) is 0. The van der Waals surface area contributed by atoms with Crippen LogP contribution in [0.3, 0.4) is 0 Å². The first kappa shape index (κ1) is 20.5. The quantitative estimate of drug-likeness (QED) is 0.424. The van der Waals surface area contributed by atoms with Crippen LogP contribution in [-0.2, 0) is 0 Å². The van der Waals surface area contributed by atoms with Gasteiger partial charge in [-0.2, -0.15) is 0 Å². The Hall–Kier alpha value is -0.780. The molecular weight excluding hydrogens is 300 g/mol. The van der Waals surface area contributed by atoms with Crippen molar-refractivity contribution in [2.24, 2.45) is 34.5 Å². The Morgan fingerprint density at radius 1 is 1.00 bits per heavy atom. The van der Waals surface area contributed by atoms with E-state index in [9.17, 15) is 0 Å². The molecule has 6 atom stereocenters. The van der Waals surface area contributed by atoms with Crippen molar-refractivity contribution in [3.8, 4) is 0 Å². The predicted molar refractivity (Wildman–Crippen MR) is 113 cm³/mol. The Labute approximate surface area is 157 Å². The van der Waals surface area contributed by atoms with Crippen LogP contribution in [0.1, 0.15) is 86.5 Å². The maximum absolute atomic E-state index is 3.00. The fraction of sp³-hybridized carbons (Fsp3) is 0.760. The average Bonchev–Trinajstić information content (AvgIpc) is 2.93. The van der Waals surface area contributed by atoms with Crippen LogP contribution < -0.4 is 0 Å². The van der Waals surface area contributed by atoms with Gasteiger partial charge in [-0.15, -0.1) is 13.2 Å². The summed E-state index contributed by atoms with van der Waals surface area (Å²) in [4.78, 5) is 0. The summed E-state index contributed by atoms with van der Waals surface area (Å²) in [5.41, 5.74) is 4.72. The lowest BCUT2D eigenvalue weighted by Crippen LogP contribution is -2.49. The average molecular weight is 343 g/mol. The molecule has 0 radical (unpaired) electrons. The van der Waals surface area contributed by atoms with E-state index < -0.39 is 0 Å². The predicted octanol–water partition coefficient (Wildman–Crippen LogP) is 7.97. The fourth-order valence-electron chi connectivity index (χ4n) is 7.05. The fourth-order valence-corrected chi connectivity index (χ4v) is 7.05. The Balaban J connectivity index is 0.000000726. The molecule has 4 aliphatic rings. The zero-order valence-corrected chi connectivity index (χ0v) is 16.5. The lowest BCUT2D eigenvalue weighted by Gasteiger charge is -2.58. The van der Waals surface area contributed by atoms with Crippen molar-refractivity contribution >= 4 is 0 Å². The summed E-state index contributed by atoms with van der Waals surface area (Å²) in [6.07, 6.45) is 16.6. The standard InChI is InChI=1S/C22H34.C2H4.CH4/c1-5-16-7-9-19-18-8-6-17-14-15(2)10-12-22(17,4)20(18)11-13-21(16,19)3;1-2;/h6-7,15,18-20H,5,8-14H2,1-4H3;1-2H2;1H4. The molecular formula is C25H42. The first-order chi connectivity index (χ1) is 11.5. The summed E-state index contributed by atoms with van der Waals surface area (Å²) in [5.74, 6) is 3.80. The van der Waals surface area contributed by atoms with Gasteiger partial charge in [0.2, 0.25) is 0 Å². The first-order valence-electron chi connectivity index (χ1n) is 10.4. The van der Waals surface area contributed by atoms with Gasteiger partial charge in [0.25, 0.3) is 0 Å². The van der Waals surface area contributed by atoms with Crippen LogP contribution in [0, 0.1) is 34.5 Å². The van der Waals surface area contributed by atoms with Crippen LogP contribution in [0.5, 0.6) is 0 Å². The van der Waals surface area contributed by atoms with Crippen molar-refractivity contribution in [3.63, 3.8) is 0 Å². The van der Waals surface area contributed by atoms with E-state index in [0.29, 0.717) is 10.8 Å². The molecule has 0 N–H and O–H groups in total. The molecule has 0 amide bonds. The minimum Gasteiger partial charge on any atom is -0.106 e. The van der Waals surface area contributed by atoms with Gasteiger partial charge in [-0.25, -0.2) is 0 Å². The van der Waals surface area contributed by atoms with Crippen LogP contribution >= 0.6 is 0 Å². The van der Waals surface area contributed by atoms with E-state index in [4.69, 9.17) is 0 Å². The van der Waals surface area contributed by atoms with Gasteiger partial charge in [0.1, 0.15) is 0 Å². The largest absolute Gasteiger partial charge is 0.106 e. The first-order valence-corrected chi connectivity index (χ1v) is 10.4. The summed E-state index contributed by atoms with van der Waals surface area (Å²) >= 11 is 0. The second kappa shape index (κ2) is 7.45. The van der Waals surface area contributed by atoms with Crippen LogP contribution in [0.25, 0.3) is 0 Å². The van der Waals surface area contributed by atoms with Crippen LogP contribution in [0.15, 0.2) is 36.5 Å². The smallest absolute Gasteiger partial charge is 0.00823 e. The highest BCUT2D eigenvalue weighted by molar-refractivity contribution is 5.29.